The van der Waals surface area contributed by atoms with Gasteiger partial charge in [0.2, 0.25) is 0 Å². The number of hydrogen-bond acceptors (Lipinski definition) is 1. The molecule has 0 fully saturated rings. The summed E-state index contributed by atoms with van der Waals surface area (Å²) in [7, 11) is 4.35. The summed E-state index contributed by atoms with van der Waals surface area (Å²) in [5, 5.41) is 0. The number of rotatable bonds is 19. The highest BCUT2D eigenvalue weighted by molar-refractivity contribution is 5.19. The molecule has 1 unspecified atom stereocenters. The first-order valence-corrected chi connectivity index (χ1v) is 12.4. The zero-order valence-electron chi connectivity index (χ0n) is 19.4. The van der Waals surface area contributed by atoms with Crippen LogP contribution in [0.2, 0.25) is 0 Å². The second-order valence-corrected chi connectivity index (χ2v) is 9.06. The van der Waals surface area contributed by atoms with Gasteiger partial charge in [-0.25, -0.2) is 0 Å². The molecule has 0 aliphatic rings. The van der Waals surface area contributed by atoms with E-state index in [1.807, 2.05) is 0 Å². The third-order valence-electron chi connectivity index (χ3n) is 6.17. The highest BCUT2D eigenvalue weighted by Gasteiger charge is 2.07. The molecule has 0 aromatic heterocycles. The van der Waals surface area contributed by atoms with Crippen LogP contribution in [0.3, 0.4) is 0 Å². The minimum atomic E-state index is 0.772. The Morgan fingerprint density at radius 2 is 1.04 bits per heavy atom. The normalized spacial score (nSPS) is 12.6. The summed E-state index contributed by atoms with van der Waals surface area (Å²) < 4.78 is 0. The van der Waals surface area contributed by atoms with Gasteiger partial charge < -0.3 is 4.90 Å². The lowest BCUT2D eigenvalue weighted by atomic mass is 9.91. The van der Waals surface area contributed by atoms with Crippen molar-refractivity contribution in [3.63, 3.8) is 0 Å². The van der Waals surface area contributed by atoms with Crippen LogP contribution in [0.5, 0.6) is 0 Å². The Morgan fingerprint density at radius 3 is 1.46 bits per heavy atom. The fraction of sp³-hybridized carbons (Fsp3) is 0.778. The molecule has 28 heavy (non-hydrogen) atoms. The van der Waals surface area contributed by atoms with Crippen molar-refractivity contribution >= 4 is 0 Å². The molecule has 0 N–H and O–H groups in total. The standard InChI is InChI=1S/C27H49N/c1-4-26(27-23-19-17-20-24-27)22-18-15-13-11-9-7-5-6-8-10-12-14-16-21-25-28(2)3/h17,19-20,23-24,26H,4-16,18,21-22,25H2,1-3H3. The second-order valence-electron chi connectivity index (χ2n) is 9.06. The van der Waals surface area contributed by atoms with Gasteiger partial charge in [-0.2, -0.15) is 0 Å². The first kappa shape index (κ1) is 25.2. The van der Waals surface area contributed by atoms with Gasteiger partial charge in [0.25, 0.3) is 0 Å². The SMILES string of the molecule is CCC(CCCCCCCCCCCCCCCCN(C)C)c1ccccc1. The summed E-state index contributed by atoms with van der Waals surface area (Å²) in [6, 6.07) is 11.1. The minimum absolute atomic E-state index is 0.772. The summed E-state index contributed by atoms with van der Waals surface area (Å²) in [5.74, 6) is 0.772. The van der Waals surface area contributed by atoms with Gasteiger partial charge in [0.1, 0.15) is 0 Å². The molecule has 1 nitrogen and oxygen atoms in total. The molecule has 0 spiro atoms. The minimum Gasteiger partial charge on any atom is -0.309 e. The van der Waals surface area contributed by atoms with Crippen LogP contribution in [0.1, 0.15) is 121 Å². The maximum atomic E-state index is 2.34. The number of hydrogen-bond donors (Lipinski definition) is 0. The molecule has 1 atom stereocenters. The van der Waals surface area contributed by atoms with E-state index in [2.05, 4.69) is 56.3 Å². The smallest absolute Gasteiger partial charge is 0.00248 e. The maximum Gasteiger partial charge on any atom is -0.00248 e. The van der Waals surface area contributed by atoms with Crippen LogP contribution in [0.25, 0.3) is 0 Å². The molecule has 0 amide bonds. The van der Waals surface area contributed by atoms with Crippen molar-refractivity contribution in [1.29, 1.82) is 0 Å². The van der Waals surface area contributed by atoms with Gasteiger partial charge in [-0.15, -0.1) is 0 Å². The van der Waals surface area contributed by atoms with E-state index in [1.54, 1.807) is 5.56 Å². The molecule has 1 aromatic rings. The average Bonchev–Trinajstić information content (AvgIpc) is 2.71. The van der Waals surface area contributed by atoms with Crippen LogP contribution in [0.4, 0.5) is 0 Å². The van der Waals surface area contributed by atoms with E-state index in [0.717, 1.165) is 5.92 Å². The Morgan fingerprint density at radius 1 is 0.607 bits per heavy atom. The molecule has 1 rings (SSSR count). The van der Waals surface area contributed by atoms with Gasteiger partial charge >= 0.3 is 0 Å². The second kappa shape index (κ2) is 18.2. The third-order valence-corrected chi connectivity index (χ3v) is 6.17. The molecule has 0 aliphatic heterocycles. The number of nitrogens with zero attached hydrogens (tertiary/aromatic N) is 1. The van der Waals surface area contributed by atoms with Gasteiger partial charge in [0.15, 0.2) is 0 Å². The fourth-order valence-electron chi connectivity index (χ4n) is 4.27. The van der Waals surface area contributed by atoms with Gasteiger partial charge in [-0.05, 0) is 51.4 Å². The van der Waals surface area contributed by atoms with Crippen molar-refractivity contribution in [1.82, 2.24) is 4.90 Å². The zero-order chi connectivity index (χ0) is 20.3. The van der Waals surface area contributed by atoms with E-state index < -0.39 is 0 Å². The average molecular weight is 388 g/mol. The predicted octanol–water partition coefficient (Wildman–Crippen LogP) is 8.59. The quantitative estimate of drug-likeness (QED) is 0.215. The Kier molecular flexibility index (Phi) is 16.4. The van der Waals surface area contributed by atoms with E-state index >= 15 is 0 Å². The number of unbranched alkanes of at least 4 members (excludes halogenated alkanes) is 13. The van der Waals surface area contributed by atoms with E-state index in [1.165, 1.54) is 109 Å². The molecule has 0 radical (unpaired) electrons. The topological polar surface area (TPSA) is 3.24 Å². The first-order chi connectivity index (χ1) is 13.7. The largest absolute Gasteiger partial charge is 0.309 e. The highest BCUT2D eigenvalue weighted by atomic mass is 15.0. The van der Waals surface area contributed by atoms with Crippen LogP contribution in [-0.2, 0) is 0 Å². The lowest BCUT2D eigenvalue weighted by Crippen LogP contribution is -2.12. The van der Waals surface area contributed by atoms with Gasteiger partial charge in [-0.3, -0.25) is 0 Å². The molecule has 162 valence electrons. The van der Waals surface area contributed by atoms with E-state index in [9.17, 15) is 0 Å². The predicted molar refractivity (Wildman–Crippen MR) is 127 cm³/mol. The summed E-state index contributed by atoms with van der Waals surface area (Å²) in [6.07, 6.45) is 22.8. The van der Waals surface area contributed by atoms with Crippen molar-refractivity contribution in [2.45, 2.75) is 116 Å². The van der Waals surface area contributed by atoms with Gasteiger partial charge in [-0.1, -0.05) is 121 Å². The van der Waals surface area contributed by atoms with Crippen LogP contribution in [0, 0.1) is 0 Å². The molecule has 0 saturated heterocycles. The molecular weight excluding hydrogens is 338 g/mol. The van der Waals surface area contributed by atoms with E-state index in [4.69, 9.17) is 0 Å². The Bertz CT molecular complexity index is 425. The molecule has 0 aliphatic carbocycles. The molecule has 0 bridgehead atoms. The highest BCUT2D eigenvalue weighted by Crippen LogP contribution is 2.25. The van der Waals surface area contributed by atoms with E-state index in [0.29, 0.717) is 0 Å². The lowest BCUT2D eigenvalue weighted by molar-refractivity contribution is 0.389. The van der Waals surface area contributed by atoms with Crippen LogP contribution >= 0.6 is 0 Å². The molecule has 0 heterocycles. The molecule has 1 aromatic carbocycles. The number of benzene rings is 1. The Hall–Kier alpha value is -0.820. The molecule has 1 heteroatoms. The van der Waals surface area contributed by atoms with Crippen molar-refractivity contribution in [3.8, 4) is 0 Å². The van der Waals surface area contributed by atoms with Gasteiger partial charge in [0.05, 0.1) is 0 Å². The summed E-state index contributed by atoms with van der Waals surface area (Å²) >= 11 is 0. The van der Waals surface area contributed by atoms with Crippen LogP contribution in [0.15, 0.2) is 30.3 Å². The summed E-state index contributed by atoms with van der Waals surface area (Å²) in [4.78, 5) is 2.30. The van der Waals surface area contributed by atoms with Crippen molar-refractivity contribution < 1.29 is 0 Å². The van der Waals surface area contributed by atoms with Crippen molar-refractivity contribution in [3.05, 3.63) is 35.9 Å². The summed E-state index contributed by atoms with van der Waals surface area (Å²) in [5.41, 5.74) is 1.54. The molecular formula is C27H49N. The monoisotopic (exact) mass is 387 g/mol. The zero-order valence-corrected chi connectivity index (χ0v) is 19.4. The Labute approximate surface area is 177 Å². The third kappa shape index (κ3) is 14.2. The summed E-state index contributed by atoms with van der Waals surface area (Å²) in [6.45, 7) is 3.59. The van der Waals surface area contributed by atoms with Crippen molar-refractivity contribution in [2.75, 3.05) is 20.6 Å². The van der Waals surface area contributed by atoms with Gasteiger partial charge in [0, 0.05) is 0 Å². The maximum absolute atomic E-state index is 2.34. The first-order valence-electron chi connectivity index (χ1n) is 12.4. The molecule has 0 saturated carbocycles. The fourth-order valence-corrected chi connectivity index (χ4v) is 4.27. The lowest BCUT2D eigenvalue weighted by Gasteiger charge is -2.15. The van der Waals surface area contributed by atoms with Crippen LogP contribution in [-0.4, -0.2) is 25.5 Å². The Balaban J connectivity index is 1.81. The van der Waals surface area contributed by atoms with Crippen LogP contribution < -0.4 is 0 Å². The van der Waals surface area contributed by atoms with Crippen molar-refractivity contribution in [2.24, 2.45) is 0 Å². The van der Waals surface area contributed by atoms with E-state index in [-0.39, 0.29) is 0 Å².